The van der Waals surface area contributed by atoms with Crippen molar-refractivity contribution < 1.29 is 19.8 Å². The Bertz CT molecular complexity index is 1160. The number of hydrogen-bond acceptors (Lipinski definition) is 4. The number of fused-ring (bicyclic) bond motifs is 7. The predicted octanol–water partition coefficient (Wildman–Crippen LogP) is 5.72. The van der Waals surface area contributed by atoms with Gasteiger partial charge in [-0.1, -0.05) is 52.3 Å². The van der Waals surface area contributed by atoms with Gasteiger partial charge in [-0.15, -0.1) is 0 Å². The molecule has 0 unspecified atom stereocenters. The Morgan fingerprint density at radius 1 is 1.03 bits per heavy atom. The number of rotatable bonds is 3. The summed E-state index contributed by atoms with van der Waals surface area (Å²) in [5, 5.41) is 22.5. The molecule has 0 bridgehead atoms. The maximum atomic E-state index is 13.2. The summed E-state index contributed by atoms with van der Waals surface area (Å²) < 4.78 is 0. The van der Waals surface area contributed by atoms with Crippen molar-refractivity contribution in [3.8, 4) is 0 Å². The third kappa shape index (κ3) is 3.17. The van der Waals surface area contributed by atoms with Crippen LogP contribution in [0, 0.1) is 33.0 Å². The third-order valence-corrected chi connectivity index (χ3v) is 11.8. The maximum Gasteiger partial charge on any atom is 0.226 e. The summed E-state index contributed by atoms with van der Waals surface area (Å²) in [4.78, 5) is 25.9. The number of hydrogen-bond donors (Lipinski definition) is 3. The van der Waals surface area contributed by atoms with Crippen molar-refractivity contribution >= 4 is 11.7 Å². The molecular formula is C31H43NO4. The van der Waals surface area contributed by atoms with Crippen molar-refractivity contribution in [2.75, 3.05) is 13.2 Å². The van der Waals surface area contributed by atoms with Crippen molar-refractivity contribution in [3.63, 3.8) is 0 Å². The highest BCUT2D eigenvalue weighted by Crippen LogP contribution is 2.75. The van der Waals surface area contributed by atoms with E-state index in [4.69, 9.17) is 0 Å². The first-order chi connectivity index (χ1) is 16.8. The Balaban J connectivity index is 1.57. The molecule has 3 fully saturated rings. The number of ketones is 1. The van der Waals surface area contributed by atoms with Crippen LogP contribution in [0.4, 0.5) is 0 Å². The van der Waals surface area contributed by atoms with Crippen LogP contribution in [0.15, 0.2) is 46.3 Å². The second kappa shape index (κ2) is 7.93. The number of nitrogens with one attached hydrogen (secondary N) is 1. The van der Waals surface area contributed by atoms with Gasteiger partial charge in [0.2, 0.25) is 11.7 Å². The van der Waals surface area contributed by atoms with Crippen LogP contribution in [0.25, 0.3) is 0 Å². The summed E-state index contributed by atoms with van der Waals surface area (Å²) >= 11 is 0. The lowest BCUT2D eigenvalue weighted by molar-refractivity contribution is -0.169. The van der Waals surface area contributed by atoms with Crippen molar-refractivity contribution in [3.05, 3.63) is 46.3 Å². The first-order valence-corrected chi connectivity index (χ1v) is 13.8. The van der Waals surface area contributed by atoms with E-state index in [-0.39, 0.29) is 45.7 Å². The zero-order chi connectivity index (χ0) is 26.3. The largest absolute Gasteiger partial charge is 0.504 e. The van der Waals surface area contributed by atoms with Gasteiger partial charge in [-0.05, 0) is 91.3 Å². The summed E-state index contributed by atoms with van der Waals surface area (Å²) in [6.45, 7) is 13.9. The van der Waals surface area contributed by atoms with E-state index in [1.807, 2.05) is 6.92 Å². The van der Waals surface area contributed by atoms with Crippen LogP contribution in [0.1, 0.15) is 86.5 Å². The number of aliphatic hydroxyl groups excluding tert-OH is 2. The molecule has 3 saturated carbocycles. The molecule has 0 aromatic heterocycles. The maximum absolute atomic E-state index is 13.2. The van der Waals surface area contributed by atoms with Gasteiger partial charge in [-0.2, -0.15) is 0 Å². The van der Waals surface area contributed by atoms with E-state index >= 15 is 0 Å². The van der Waals surface area contributed by atoms with E-state index < -0.39 is 5.41 Å². The van der Waals surface area contributed by atoms with Crippen LogP contribution in [0.5, 0.6) is 0 Å². The van der Waals surface area contributed by atoms with Gasteiger partial charge in [0.25, 0.3) is 0 Å². The number of amides is 1. The molecule has 6 atom stereocenters. The van der Waals surface area contributed by atoms with Gasteiger partial charge in [0.05, 0.1) is 6.61 Å². The van der Waals surface area contributed by atoms with E-state index in [1.54, 1.807) is 6.08 Å². The third-order valence-electron chi connectivity index (χ3n) is 11.8. The highest BCUT2D eigenvalue weighted by molar-refractivity contribution is 6.06. The van der Waals surface area contributed by atoms with Crippen LogP contribution in [-0.4, -0.2) is 35.1 Å². The van der Waals surface area contributed by atoms with Gasteiger partial charge in [-0.3, -0.25) is 9.59 Å². The highest BCUT2D eigenvalue weighted by Gasteiger charge is 2.67. The molecule has 0 aromatic rings. The molecule has 3 N–H and O–H groups in total. The van der Waals surface area contributed by atoms with Gasteiger partial charge < -0.3 is 15.5 Å². The van der Waals surface area contributed by atoms with Crippen LogP contribution in [-0.2, 0) is 9.59 Å². The molecule has 0 radical (unpaired) electrons. The molecule has 1 amide bonds. The zero-order valence-corrected chi connectivity index (χ0v) is 22.9. The molecule has 36 heavy (non-hydrogen) atoms. The highest BCUT2D eigenvalue weighted by atomic mass is 16.3. The monoisotopic (exact) mass is 493 g/mol. The van der Waals surface area contributed by atoms with E-state index in [2.05, 4.69) is 52.1 Å². The van der Waals surface area contributed by atoms with Gasteiger partial charge in [-0.25, -0.2) is 0 Å². The summed E-state index contributed by atoms with van der Waals surface area (Å²) in [6, 6.07) is 0. The van der Waals surface area contributed by atoms with Gasteiger partial charge in [0.1, 0.15) is 0 Å². The Hall–Kier alpha value is -2.14. The first-order valence-electron chi connectivity index (χ1n) is 13.8. The van der Waals surface area contributed by atoms with Gasteiger partial charge in [0.15, 0.2) is 5.76 Å². The number of carbonyl (C=O) groups excluding carboxylic acids is 2. The summed E-state index contributed by atoms with van der Waals surface area (Å²) in [5.74, 6) is 0.0684. The molecule has 0 heterocycles. The lowest BCUT2D eigenvalue weighted by atomic mass is 9.34. The molecule has 196 valence electrons. The van der Waals surface area contributed by atoms with Gasteiger partial charge in [0, 0.05) is 22.9 Å². The van der Waals surface area contributed by atoms with Gasteiger partial charge >= 0.3 is 0 Å². The van der Waals surface area contributed by atoms with E-state index in [1.165, 1.54) is 5.57 Å². The Kier molecular flexibility index (Phi) is 5.62. The summed E-state index contributed by atoms with van der Waals surface area (Å²) in [5.41, 5.74) is 3.69. The molecule has 5 heteroatoms. The Morgan fingerprint density at radius 3 is 2.42 bits per heavy atom. The fraction of sp³-hybridized carbons (Fsp3) is 0.677. The standard InChI is InChI=1S/C31H43NO4/c1-19-20-7-8-23-29(4,21(20)17-22(34)25(19)35)12-14-31(6)24-18-28(3,26(36)32-15-16-33)10-9-27(24,2)11-13-30(23,31)5/h7-8,17,24,33,35H,9-16,18H2,1-6H3,(H,32,36)/t24-,27-,28-,29+,30-,31+/m1/s1. The minimum Gasteiger partial charge on any atom is -0.504 e. The molecule has 5 rings (SSSR count). The fourth-order valence-corrected chi connectivity index (χ4v) is 9.05. The molecule has 5 aliphatic carbocycles. The zero-order valence-electron chi connectivity index (χ0n) is 22.9. The minimum atomic E-state index is -0.423. The smallest absolute Gasteiger partial charge is 0.226 e. The Morgan fingerprint density at radius 2 is 1.72 bits per heavy atom. The number of allylic oxidation sites excluding steroid dienone is 7. The average molecular weight is 494 g/mol. The van der Waals surface area contributed by atoms with Crippen molar-refractivity contribution in [1.82, 2.24) is 5.32 Å². The molecule has 5 aliphatic rings. The molecule has 0 aromatic carbocycles. The molecule has 5 nitrogen and oxygen atoms in total. The topological polar surface area (TPSA) is 86.6 Å². The average Bonchev–Trinajstić information content (AvgIpc) is 2.84. The second-order valence-corrected chi connectivity index (χ2v) is 13.6. The quantitative estimate of drug-likeness (QED) is 0.469. The van der Waals surface area contributed by atoms with Crippen LogP contribution in [0.2, 0.25) is 0 Å². The van der Waals surface area contributed by atoms with Crippen LogP contribution < -0.4 is 5.32 Å². The lowest BCUT2D eigenvalue weighted by Gasteiger charge is -2.70. The predicted molar refractivity (Wildman–Crippen MR) is 141 cm³/mol. The normalized spacial score (nSPS) is 43.8. The van der Waals surface area contributed by atoms with Crippen LogP contribution >= 0.6 is 0 Å². The Labute approximate surface area is 215 Å². The molecule has 0 aliphatic heterocycles. The van der Waals surface area contributed by atoms with Crippen molar-refractivity contribution in [2.45, 2.75) is 86.5 Å². The van der Waals surface area contributed by atoms with Crippen LogP contribution in [0.3, 0.4) is 0 Å². The second-order valence-electron chi connectivity index (χ2n) is 13.6. The molecule has 0 spiro atoms. The van der Waals surface area contributed by atoms with Crippen molar-refractivity contribution in [1.29, 1.82) is 0 Å². The van der Waals surface area contributed by atoms with E-state index in [0.717, 1.165) is 56.1 Å². The first kappa shape index (κ1) is 25.5. The van der Waals surface area contributed by atoms with E-state index in [9.17, 15) is 19.8 Å². The number of carbonyl (C=O) groups is 2. The summed E-state index contributed by atoms with van der Waals surface area (Å²) in [7, 11) is 0. The lowest BCUT2D eigenvalue weighted by Crippen LogP contribution is -2.62. The number of aliphatic hydroxyl groups is 2. The summed E-state index contributed by atoms with van der Waals surface area (Å²) in [6.07, 6.45) is 13.2. The SMILES string of the molecule is CC1=C(O)C(=O)C=C2C1=CC=C1[C@@]2(C)CC[C@@]2(C)[C@@H]3C[C@](C)(C(=O)NCCO)CC[C@]3(C)CC[C@]12C. The molecular weight excluding hydrogens is 450 g/mol. The van der Waals surface area contributed by atoms with E-state index in [0.29, 0.717) is 18.0 Å². The fourth-order valence-electron chi connectivity index (χ4n) is 9.05. The molecule has 0 saturated heterocycles. The van der Waals surface area contributed by atoms with Crippen molar-refractivity contribution in [2.24, 2.45) is 33.0 Å². The minimum absolute atomic E-state index is 0.0296.